The van der Waals surface area contributed by atoms with E-state index in [9.17, 15) is 31.5 Å². The quantitative estimate of drug-likeness (QED) is 0.146. The fourth-order valence-corrected chi connectivity index (χ4v) is 4.49. The number of nitrogens with zero attached hydrogens (tertiary/aromatic N) is 4. The van der Waals surface area contributed by atoms with Crippen molar-refractivity contribution in [2.24, 2.45) is 16.1 Å². The standard InChI is InChI=1S/C30H32ClF5N6O3/c1-28(2,30(34,35)36)9-11-38-26(37)42(25(43)19-13-20(32)16-21(33)14-19)24(17-45-27(44)40-29(3)7-8-29)18-5-6-22(31)23(15-18)41-12-4-10-39-41/h4-6,10,12-16,24H,7-9,11,17H2,1-3H3,(H2,37,38)(H,40,44)/t24-/m1/s1. The van der Waals surface area contributed by atoms with Gasteiger partial charge in [0.05, 0.1) is 22.2 Å². The number of aliphatic imine (C=N–C) groups is 1. The minimum atomic E-state index is -4.54. The van der Waals surface area contributed by atoms with Gasteiger partial charge in [-0.15, -0.1) is 0 Å². The van der Waals surface area contributed by atoms with Crippen molar-refractivity contribution in [1.82, 2.24) is 20.0 Å². The Morgan fingerprint density at radius 3 is 2.42 bits per heavy atom. The highest BCUT2D eigenvalue weighted by Crippen LogP contribution is 2.40. The second-order valence-electron chi connectivity index (χ2n) is 11.7. The molecule has 0 bridgehead atoms. The molecular formula is C30H32ClF5N6O3. The summed E-state index contributed by atoms with van der Waals surface area (Å²) >= 11 is 6.42. The Morgan fingerprint density at radius 2 is 1.84 bits per heavy atom. The van der Waals surface area contributed by atoms with E-state index in [2.05, 4.69) is 15.4 Å². The van der Waals surface area contributed by atoms with Gasteiger partial charge in [0.1, 0.15) is 18.2 Å². The summed E-state index contributed by atoms with van der Waals surface area (Å²) in [6.45, 7) is 2.83. The van der Waals surface area contributed by atoms with Gasteiger partial charge in [-0.1, -0.05) is 31.5 Å². The summed E-state index contributed by atoms with van der Waals surface area (Å²) in [5.74, 6) is -3.74. The topological polar surface area (TPSA) is 115 Å². The zero-order valence-corrected chi connectivity index (χ0v) is 25.4. The molecule has 0 radical (unpaired) electrons. The van der Waals surface area contributed by atoms with E-state index < -0.39 is 77.9 Å². The minimum Gasteiger partial charge on any atom is -0.447 e. The van der Waals surface area contributed by atoms with Gasteiger partial charge < -0.3 is 15.8 Å². The molecule has 0 saturated heterocycles. The van der Waals surface area contributed by atoms with Crippen LogP contribution in [0.2, 0.25) is 5.02 Å². The lowest BCUT2D eigenvalue weighted by Crippen LogP contribution is -2.47. The van der Waals surface area contributed by atoms with Crippen molar-refractivity contribution in [1.29, 1.82) is 0 Å². The number of alkyl carbamates (subject to hydrolysis) is 1. The first-order valence-corrected chi connectivity index (χ1v) is 14.3. The number of aromatic nitrogens is 2. The lowest BCUT2D eigenvalue weighted by Gasteiger charge is -2.32. The molecule has 1 aliphatic carbocycles. The Balaban J connectivity index is 1.79. The SMILES string of the molecule is CC1(NC(=O)OC[C@H](c2ccc(Cl)c(-n3cccn3)c2)N(C(=O)c2cc(F)cc(F)c2)C(N)=NCCC(C)(C)C(F)(F)F)CC1. The van der Waals surface area contributed by atoms with Crippen LogP contribution in [0, 0.1) is 17.0 Å². The van der Waals surface area contributed by atoms with Crippen molar-refractivity contribution in [2.45, 2.75) is 57.8 Å². The minimum absolute atomic E-state index is 0.266. The van der Waals surface area contributed by atoms with Crippen LogP contribution < -0.4 is 11.1 Å². The maximum atomic E-state index is 14.2. The number of rotatable bonds is 10. The van der Waals surface area contributed by atoms with E-state index >= 15 is 0 Å². The fraction of sp³-hybridized carbons (Fsp3) is 0.400. The number of alkyl halides is 3. The number of amides is 2. The van der Waals surface area contributed by atoms with E-state index in [1.54, 1.807) is 12.3 Å². The summed E-state index contributed by atoms with van der Waals surface area (Å²) in [4.78, 5) is 31.5. The summed E-state index contributed by atoms with van der Waals surface area (Å²) in [6, 6.07) is 7.02. The van der Waals surface area contributed by atoms with Gasteiger partial charge in [-0.25, -0.2) is 18.3 Å². The highest BCUT2D eigenvalue weighted by Gasteiger charge is 2.46. The van der Waals surface area contributed by atoms with Crippen LogP contribution >= 0.6 is 11.6 Å². The predicted octanol–water partition coefficient (Wildman–Crippen LogP) is 6.56. The average molecular weight is 655 g/mol. The summed E-state index contributed by atoms with van der Waals surface area (Å²) in [5, 5.41) is 7.16. The highest BCUT2D eigenvalue weighted by atomic mass is 35.5. The molecule has 0 spiro atoms. The molecule has 4 rings (SSSR count). The van der Waals surface area contributed by atoms with Crippen LogP contribution in [0.3, 0.4) is 0 Å². The zero-order valence-electron chi connectivity index (χ0n) is 24.7. The molecule has 45 heavy (non-hydrogen) atoms. The Hall–Kier alpha value is -4.20. The van der Waals surface area contributed by atoms with Gasteiger partial charge >= 0.3 is 12.3 Å². The predicted molar refractivity (Wildman–Crippen MR) is 157 cm³/mol. The number of nitrogens with one attached hydrogen (secondary N) is 1. The number of carbonyl (C=O) groups excluding carboxylic acids is 2. The number of carbonyl (C=O) groups is 2. The van der Waals surface area contributed by atoms with Crippen LogP contribution in [0.5, 0.6) is 0 Å². The Morgan fingerprint density at radius 1 is 1.18 bits per heavy atom. The monoisotopic (exact) mass is 654 g/mol. The third kappa shape index (κ3) is 8.29. The molecule has 1 atom stereocenters. The average Bonchev–Trinajstić information content (AvgIpc) is 3.41. The molecule has 0 aliphatic heterocycles. The van der Waals surface area contributed by atoms with Crippen LogP contribution in [-0.2, 0) is 4.74 Å². The number of guanidine groups is 1. The van der Waals surface area contributed by atoms with Crippen LogP contribution in [-0.4, -0.2) is 57.5 Å². The van der Waals surface area contributed by atoms with Gasteiger partial charge in [0.15, 0.2) is 5.96 Å². The van der Waals surface area contributed by atoms with Crippen molar-refractivity contribution in [3.63, 3.8) is 0 Å². The number of halogens is 6. The van der Waals surface area contributed by atoms with Crippen molar-refractivity contribution in [3.8, 4) is 5.69 Å². The van der Waals surface area contributed by atoms with Crippen molar-refractivity contribution in [3.05, 3.63) is 82.6 Å². The molecular weight excluding hydrogens is 623 g/mol. The third-order valence-electron chi connectivity index (χ3n) is 7.55. The van der Waals surface area contributed by atoms with E-state index in [4.69, 9.17) is 22.1 Å². The van der Waals surface area contributed by atoms with Crippen LogP contribution in [0.25, 0.3) is 5.69 Å². The normalized spacial score (nSPS) is 15.4. The second kappa shape index (κ2) is 13.0. The van der Waals surface area contributed by atoms with Gasteiger partial charge in [0.25, 0.3) is 5.91 Å². The molecule has 1 heterocycles. The van der Waals surface area contributed by atoms with Crippen LogP contribution in [0.1, 0.15) is 62.0 Å². The van der Waals surface area contributed by atoms with E-state index in [-0.39, 0.29) is 10.6 Å². The summed E-state index contributed by atoms with van der Waals surface area (Å²) in [5.41, 5.74) is 3.88. The molecule has 15 heteroatoms. The number of ether oxygens (including phenoxy) is 1. The maximum absolute atomic E-state index is 14.2. The number of hydrogen-bond acceptors (Lipinski definition) is 5. The lowest BCUT2D eigenvalue weighted by molar-refractivity contribution is -0.212. The van der Waals surface area contributed by atoms with Crippen molar-refractivity contribution >= 4 is 29.6 Å². The Kier molecular flexibility index (Phi) is 9.76. The molecule has 1 saturated carbocycles. The smallest absolute Gasteiger partial charge is 0.407 e. The first-order valence-electron chi connectivity index (χ1n) is 13.9. The number of benzene rings is 2. The fourth-order valence-electron chi connectivity index (χ4n) is 4.28. The zero-order chi connectivity index (χ0) is 33.2. The highest BCUT2D eigenvalue weighted by molar-refractivity contribution is 6.32. The van der Waals surface area contributed by atoms with Crippen LogP contribution in [0.4, 0.5) is 26.7 Å². The summed E-state index contributed by atoms with van der Waals surface area (Å²) in [6.07, 6.45) is -1.24. The van der Waals surface area contributed by atoms with Gasteiger partial charge in [-0.2, -0.15) is 18.3 Å². The molecule has 3 N–H and O–H groups in total. The Bertz CT molecular complexity index is 1550. The number of hydrogen-bond donors (Lipinski definition) is 2. The van der Waals surface area contributed by atoms with Gasteiger partial charge in [-0.3, -0.25) is 14.7 Å². The Labute approximate surface area is 261 Å². The first kappa shape index (κ1) is 33.7. The molecule has 0 unspecified atom stereocenters. The van der Waals surface area contributed by atoms with Gasteiger partial charge in [0, 0.05) is 36.1 Å². The maximum Gasteiger partial charge on any atom is 0.407 e. The third-order valence-corrected chi connectivity index (χ3v) is 7.87. The van der Waals surface area contributed by atoms with Crippen molar-refractivity contribution < 1.29 is 36.3 Å². The molecule has 1 aliphatic rings. The van der Waals surface area contributed by atoms with E-state index in [1.807, 2.05) is 6.92 Å². The second-order valence-corrected chi connectivity index (χ2v) is 12.1. The molecule has 242 valence electrons. The largest absolute Gasteiger partial charge is 0.447 e. The number of nitrogens with two attached hydrogens (primary N) is 1. The van der Waals surface area contributed by atoms with Gasteiger partial charge in [-0.05, 0) is 62.1 Å². The molecule has 9 nitrogen and oxygen atoms in total. The first-order chi connectivity index (χ1) is 21.0. The summed E-state index contributed by atoms with van der Waals surface area (Å²) < 4.78 is 75.8. The summed E-state index contributed by atoms with van der Waals surface area (Å²) in [7, 11) is 0. The molecule has 1 aromatic heterocycles. The van der Waals surface area contributed by atoms with E-state index in [0.29, 0.717) is 11.8 Å². The lowest BCUT2D eigenvalue weighted by atomic mass is 9.89. The molecule has 2 amide bonds. The van der Waals surface area contributed by atoms with Crippen LogP contribution in [0.15, 0.2) is 59.9 Å². The molecule has 2 aromatic carbocycles. The molecule has 1 fully saturated rings. The van der Waals surface area contributed by atoms with Crippen molar-refractivity contribution in [2.75, 3.05) is 13.2 Å². The van der Waals surface area contributed by atoms with E-state index in [1.165, 1.54) is 29.1 Å². The molecule has 3 aromatic rings. The van der Waals surface area contributed by atoms with E-state index in [0.717, 1.165) is 43.7 Å². The van der Waals surface area contributed by atoms with Gasteiger partial charge in [0.2, 0.25) is 0 Å².